The van der Waals surface area contributed by atoms with Gasteiger partial charge in [0.05, 0.1) is 5.41 Å². The van der Waals surface area contributed by atoms with Crippen LogP contribution in [0.2, 0.25) is 0 Å². The average molecular weight is 285 g/mol. The molecular formula is C13H23N3O4. The third-order valence-corrected chi connectivity index (χ3v) is 3.49. The van der Waals surface area contributed by atoms with Gasteiger partial charge in [-0.3, -0.25) is 14.9 Å². The number of nitrogens with zero attached hydrogens (tertiary/aromatic N) is 1. The molecule has 1 saturated heterocycles. The number of piperidine rings is 1. The van der Waals surface area contributed by atoms with Crippen LogP contribution in [0.1, 0.15) is 33.1 Å². The quantitative estimate of drug-likeness (QED) is 0.695. The standard InChI is InChI=1S/C13H23N3O4/c1-13(2,11(18)19)8-10(17)15-12(20)14-9-4-6-16(3)7-5-9/h9H,4-8H2,1-3H3,(H,18,19)(H2,14,15,17,20). The number of urea groups is 1. The zero-order valence-electron chi connectivity index (χ0n) is 12.2. The van der Waals surface area contributed by atoms with E-state index in [1.807, 2.05) is 7.05 Å². The Bertz CT molecular complexity index is 387. The minimum absolute atomic E-state index is 0.0616. The summed E-state index contributed by atoms with van der Waals surface area (Å²) in [5.41, 5.74) is -1.18. The van der Waals surface area contributed by atoms with Crippen molar-refractivity contribution in [2.75, 3.05) is 20.1 Å². The molecule has 0 bridgehead atoms. The predicted molar refractivity (Wildman–Crippen MR) is 73.2 cm³/mol. The predicted octanol–water partition coefficient (Wildman–Crippen LogP) is 0.407. The number of carbonyl (C=O) groups excluding carboxylic acids is 2. The SMILES string of the molecule is CN1CCC(NC(=O)NC(=O)CC(C)(C)C(=O)O)CC1. The third-order valence-electron chi connectivity index (χ3n) is 3.49. The van der Waals surface area contributed by atoms with Crippen molar-refractivity contribution >= 4 is 17.9 Å². The summed E-state index contributed by atoms with van der Waals surface area (Å²) in [5, 5.41) is 13.8. The Labute approximate surface area is 118 Å². The van der Waals surface area contributed by atoms with Gasteiger partial charge in [-0.15, -0.1) is 0 Å². The topological polar surface area (TPSA) is 98.7 Å². The van der Waals surface area contributed by atoms with Crippen LogP contribution in [0.5, 0.6) is 0 Å². The van der Waals surface area contributed by atoms with Gasteiger partial charge in [0, 0.05) is 12.5 Å². The normalized spacial score (nSPS) is 17.6. The molecule has 1 fully saturated rings. The molecule has 1 heterocycles. The lowest BCUT2D eigenvalue weighted by atomic mass is 9.89. The highest BCUT2D eigenvalue weighted by molar-refractivity contribution is 5.96. The molecule has 7 nitrogen and oxygen atoms in total. The van der Waals surface area contributed by atoms with Crippen molar-refractivity contribution in [1.29, 1.82) is 0 Å². The van der Waals surface area contributed by atoms with Gasteiger partial charge in [-0.05, 0) is 46.8 Å². The van der Waals surface area contributed by atoms with Crippen LogP contribution in [0.15, 0.2) is 0 Å². The first-order valence-electron chi connectivity index (χ1n) is 6.73. The van der Waals surface area contributed by atoms with Crippen LogP contribution in [0.3, 0.4) is 0 Å². The number of aliphatic carboxylic acids is 1. The summed E-state index contributed by atoms with van der Waals surface area (Å²) in [7, 11) is 2.02. The Balaban J connectivity index is 2.35. The van der Waals surface area contributed by atoms with E-state index >= 15 is 0 Å². The minimum atomic E-state index is -1.18. The molecule has 0 aliphatic carbocycles. The van der Waals surface area contributed by atoms with E-state index in [1.165, 1.54) is 13.8 Å². The molecule has 0 aromatic carbocycles. The number of carbonyl (C=O) groups is 3. The number of rotatable bonds is 4. The van der Waals surface area contributed by atoms with Gasteiger partial charge in [0.2, 0.25) is 5.91 Å². The van der Waals surface area contributed by atoms with Crippen molar-refractivity contribution in [2.24, 2.45) is 5.41 Å². The molecule has 114 valence electrons. The third kappa shape index (κ3) is 5.16. The molecule has 1 rings (SSSR count). The molecule has 3 N–H and O–H groups in total. The summed E-state index contributed by atoms with van der Waals surface area (Å²) in [5.74, 6) is -1.65. The second-order valence-electron chi connectivity index (χ2n) is 5.97. The molecule has 0 unspecified atom stereocenters. The maximum atomic E-state index is 11.7. The summed E-state index contributed by atoms with van der Waals surface area (Å²) in [6, 6.07) is -0.489. The van der Waals surface area contributed by atoms with Gasteiger partial charge in [-0.1, -0.05) is 0 Å². The molecule has 7 heteroatoms. The summed E-state index contributed by atoms with van der Waals surface area (Å²) in [6.45, 7) is 4.71. The van der Waals surface area contributed by atoms with Gasteiger partial charge in [-0.2, -0.15) is 0 Å². The second kappa shape index (κ2) is 6.69. The van der Waals surface area contributed by atoms with E-state index in [1.54, 1.807) is 0 Å². The maximum Gasteiger partial charge on any atom is 0.321 e. The molecule has 20 heavy (non-hydrogen) atoms. The molecule has 3 amide bonds. The van der Waals surface area contributed by atoms with E-state index in [0.29, 0.717) is 0 Å². The summed E-state index contributed by atoms with van der Waals surface area (Å²) in [6.07, 6.45) is 1.46. The van der Waals surface area contributed by atoms with E-state index in [0.717, 1.165) is 25.9 Å². The lowest BCUT2D eigenvalue weighted by Crippen LogP contribution is -2.49. The van der Waals surface area contributed by atoms with Crippen LogP contribution in [-0.4, -0.2) is 54.1 Å². The Morgan fingerprint density at radius 3 is 2.30 bits per heavy atom. The van der Waals surface area contributed by atoms with Crippen LogP contribution in [-0.2, 0) is 9.59 Å². The van der Waals surface area contributed by atoms with Crippen LogP contribution >= 0.6 is 0 Å². The van der Waals surface area contributed by atoms with Gasteiger partial charge in [0.15, 0.2) is 0 Å². The highest BCUT2D eigenvalue weighted by Gasteiger charge is 2.31. The first kappa shape index (κ1) is 16.4. The van der Waals surface area contributed by atoms with Crippen molar-refractivity contribution in [3.63, 3.8) is 0 Å². The number of hydrogen-bond donors (Lipinski definition) is 3. The molecule has 0 aromatic heterocycles. The Kier molecular flexibility index (Phi) is 5.50. The monoisotopic (exact) mass is 285 g/mol. The number of hydrogen-bond acceptors (Lipinski definition) is 4. The van der Waals surface area contributed by atoms with Gasteiger partial charge in [-0.25, -0.2) is 4.79 Å². The van der Waals surface area contributed by atoms with E-state index in [4.69, 9.17) is 5.11 Å². The molecule has 1 aliphatic heterocycles. The van der Waals surface area contributed by atoms with E-state index in [2.05, 4.69) is 15.5 Å². The summed E-state index contributed by atoms with van der Waals surface area (Å²) >= 11 is 0. The largest absolute Gasteiger partial charge is 0.481 e. The van der Waals surface area contributed by atoms with Crippen molar-refractivity contribution in [2.45, 2.75) is 39.2 Å². The fourth-order valence-corrected chi connectivity index (χ4v) is 2.02. The molecule has 0 saturated carbocycles. The Morgan fingerprint density at radius 2 is 1.80 bits per heavy atom. The smallest absolute Gasteiger partial charge is 0.321 e. The number of amides is 3. The first-order valence-corrected chi connectivity index (χ1v) is 6.73. The summed E-state index contributed by atoms with van der Waals surface area (Å²) in [4.78, 5) is 36.4. The summed E-state index contributed by atoms with van der Waals surface area (Å²) < 4.78 is 0. The van der Waals surface area contributed by atoms with Crippen LogP contribution in [0.4, 0.5) is 4.79 Å². The van der Waals surface area contributed by atoms with Crippen molar-refractivity contribution < 1.29 is 19.5 Å². The highest BCUT2D eigenvalue weighted by atomic mass is 16.4. The van der Waals surface area contributed by atoms with Crippen molar-refractivity contribution in [3.05, 3.63) is 0 Å². The number of imide groups is 1. The average Bonchev–Trinajstić information content (AvgIpc) is 2.30. The Morgan fingerprint density at radius 1 is 1.25 bits per heavy atom. The van der Waals surface area contributed by atoms with E-state index < -0.39 is 23.3 Å². The van der Waals surface area contributed by atoms with Crippen molar-refractivity contribution in [3.8, 4) is 0 Å². The number of carboxylic acid groups (broad SMARTS) is 1. The van der Waals surface area contributed by atoms with Crippen LogP contribution in [0.25, 0.3) is 0 Å². The fourth-order valence-electron chi connectivity index (χ4n) is 2.02. The lowest BCUT2D eigenvalue weighted by molar-refractivity contribution is -0.149. The molecular weight excluding hydrogens is 262 g/mol. The molecule has 0 aromatic rings. The van der Waals surface area contributed by atoms with Gasteiger partial charge < -0.3 is 15.3 Å². The number of nitrogens with one attached hydrogen (secondary N) is 2. The van der Waals surface area contributed by atoms with Crippen LogP contribution in [0, 0.1) is 5.41 Å². The number of likely N-dealkylation sites (tertiary alicyclic amines) is 1. The molecule has 0 radical (unpaired) electrons. The maximum absolute atomic E-state index is 11.7. The molecule has 1 aliphatic rings. The fraction of sp³-hybridized carbons (Fsp3) is 0.769. The molecule has 0 spiro atoms. The first-order chi connectivity index (χ1) is 9.20. The zero-order chi connectivity index (χ0) is 15.3. The lowest BCUT2D eigenvalue weighted by Gasteiger charge is -2.29. The van der Waals surface area contributed by atoms with Gasteiger partial charge >= 0.3 is 12.0 Å². The second-order valence-corrected chi connectivity index (χ2v) is 5.97. The van der Waals surface area contributed by atoms with Gasteiger partial charge in [0.25, 0.3) is 0 Å². The minimum Gasteiger partial charge on any atom is -0.481 e. The van der Waals surface area contributed by atoms with Crippen LogP contribution < -0.4 is 10.6 Å². The van der Waals surface area contributed by atoms with Crippen molar-refractivity contribution in [1.82, 2.24) is 15.5 Å². The highest BCUT2D eigenvalue weighted by Crippen LogP contribution is 2.19. The Hall–Kier alpha value is -1.63. The van der Waals surface area contributed by atoms with E-state index in [9.17, 15) is 14.4 Å². The zero-order valence-corrected chi connectivity index (χ0v) is 12.2. The number of carboxylic acids is 1. The van der Waals surface area contributed by atoms with E-state index in [-0.39, 0.29) is 12.5 Å². The molecule has 0 atom stereocenters. The van der Waals surface area contributed by atoms with Gasteiger partial charge in [0.1, 0.15) is 0 Å².